The van der Waals surface area contributed by atoms with Crippen LogP contribution in [-0.4, -0.2) is 45.0 Å². The Morgan fingerprint density at radius 2 is 1.67 bits per heavy atom. The van der Waals surface area contributed by atoms with E-state index in [0.29, 0.717) is 12.3 Å². The van der Waals surface area contributed by atoms with Gasteiger partial charge in [0.05, 0.1) is 12.7 Å². The molecule has 2 aromatic carbocycles. The average Bonchev–Trinajstić information content (AvgIpc) is 3.27. The number of thiazole rings is 1. The van der Waals surface area contributed by atoms with Crippen molar-refractivity contribution in [2.45, 2.75) is 38.8 Å². The first-order chi connectivity index (χ1) is 15.8. The molecule has 6 nitrogen and oxygen atoms in total. The Labute approximate surface area is 200 Å². The Balaban J connectivity index is 1.55. The van der Waals surface area contributed by atoms with Crippen molar-refractivity contribution in [2.24, 2.45) is 0 Å². The molecule has 1 amide bonds. The van der Waals surface area contributed by atoms with Crippen LogP contribution in [0.1, 0.15) is 38.2 Å². The summed E-state index contributed by atoms with van der Waals surface area (Å²) in [5.74, 6) is -0.319. The second-order valence-electron chi connectivity index (χ2n) is 9.19. The molecule has 4 rings (SSSR count). The van der Waals surface area contributed by atoms with E-state index in [1.165, 1.54) is 21.7 Å². The highest BCUT2D eigenvalue weighted by Crippen LogP contribution is 2.39. The van der Waals surface area contributed by atoms with Gasteiger partial charge < -0.3 is 9.33 Å². The van der Waals surface area contributed by atoms with Gasteiger partial charge in [0.2, 0.25) is 0 Å². The van der Waals surface area contributed by atoms with Crippen molar-refractivity contribution >= 4 is 41.1 Å². The Bertz CT molecular complexity index is 1020. The fourth-order valence-electron chi connectivity index (χ4n) is 4.31. The Hall–Kier alpha value is -2.52. The summed E-state index contributed by atoms with van der Waals surface area (Å²) in [6.45, 7) is 10.6. The van der Waals surface area contributed by atoms with Gasteiger partial charge in [-0.15, -0.1) is 11.3 Å². The minimum Gasteiger partial charge on any atom is -0.401 e. The first kappa shape index (κ1) is 23.6. The van der Waals surface area contributed by atoms with E-state index in [9.17, 15) is 4.79 Å². The molecule has 1 saturated heterocycles. The van der Waals surface area contributed by atoms with Gasteiger partial charge in [-0.25, -0.2) is 10.5 Å². The van der Waals surface area contributed by atoms with Gasteiger partial charge >= 0.3 is 0 Å². The first-order valence-electron chi connectivity index (χ1n) is 11.3. The van der Waals surface area contributed by atoms with Crippen LogP contribution in [0, 0.1) is 0 Å². The molecule has 1 aliphatic heterocycles. The molecule has 0 bridgehead atoms. The molecule has 1 aliphatic rings. The van der Waals surface area contributed by atoms with Crippen molar-refractivity contribution < 1.29 is 14.1 Å². The van der Waals surface area contributed by atoms with Crippen LogP contribution in [0.4, 0.5) is 5.13 Å². The number of anilines is 1. The average molecular weight is 482 g/mol. The van der Waals surface area contributed by atoms with E-state index >= 15 is 0 Å². The van der Waals surface area contributed by atoms with E-state index in [1.54, 1.807) is 5.38 Å². The van der Waals surface area contributed by atoms with Crippen LogP contribution in [0.3, 0.4) is 0 Å². The molecule has 0 spiro atoms. The van der Waals surface area contributed by atoms with Crippen molar-refractivity contribution in [3.8, 4) is 0 Å². The molecule has 1 aromatic heterocycles. The van der Waals surface area contributed by atoms with Crippen LogP contribution >= 0.6 is 11.3 Å². The highest BCUT2D eigenvalue weighted by Gasteiger charge is 2.52. The van der Waals surface area contributed by atoms with E-state index in [0.717, 1.165) is 18.2 Å². The lowest BCUT2D eigenvalue weighted by molar-refractivity contribution is 0.0360. The summed E-state index contributed by atoms with van der Waals surface area (Å²) in [6.07, 6.45) is 0.0981. The quantitative estimate of drug-likeness (QED) is 0.394. The SMILES string of the molecule is CCONC(=O)c1csc(N2CC(O[Si](c3ccccc3)(c3ccccc3)C(C)(C)C)C2)n1. The molecule has 174 valence electrons. The maximum atomic E-state index is 12.1. The number of carbonyl (C=O) groups excluding carboxylic acids is 1. The number of carbonyl (C=O) groups is 1. The van der Waals surface area contributed by atoms with Crippen molar-refractivity contribution in [1.29, 1.82) is 0 Å². The van der Waals surface area contributed by atoms with Crippen LogP contribution in [-0.2, 0) is 9.26 Å². The molecule has 8 heteroatoms. The number of nitrogens with zero attached hydrogens (tertiary/aromatic N) is 2. The predicted molar refractivity (Wildman–Crippen MR) is 136 cm³/mol. The van der Waals surface area contributed by atoms with E-state index in [2.05, 4.69) is 96.8 Å². The van der Waals surface area contributed by atoms with Gasteiger partial charge in [-0.1, -0.05) is 81.4 Å². The number of nitrogens with one attached hydrogen (secondary N) is 1. The normalized spacial score (nSPS) is 14.7. The number of amides is 1. The van der Waals surface area contributed by atoms with Crippen molar-refractivity contribution in [1.82, 2.24) is 10.5 Å². The maximum absolute atomic E-state index is 12.1. The molecule has 1 N–H and O–H groups in total. The molecule has 2 heterocycles. The predicted octanol–water partition coefficient (Wildman–Crippen LogP) is 3.59. The molecule has 0 unspecified atom stereocenters. The lowest BCUT2D eigenvalue weighted by Crippen LogP contribution is -2.70. The van der Waals surface area contributed by atoms with Crippen molar-refractivity contribution in [2.75, 3.05) is 24.6 Å². The van der Waals surface area contributed by atoms with Gasteiger partial charge in [-0.05, 0) is 22.3 Å². The van der Waals surface area contributed by atoms with Gasteiger partial charge in [0.25, 0.3) is 14.2 Å². The molecular weight excluding hydrogens is 450 g/mol. The van der Waals surface area contributed by atoms with Gasteiger partial charge in [0.1, 0.15) is 5.69 Å². The lowest BCUT2D eigenvalue weighted by atomic mass is 10.2. The lowest BCUT2D eigenvalue weighted by Gasteiger charge is -2.49. The molecule has 0 aliphatic carbocycles. The third-order valence-electron chi connectivity index (χ3n) is 5.91. The zero-order chi connectivity index (χ0) is 23.5. The van der Waals surface area contributed by atoms with E-state index < -0.39 is 8.32 Å². The van der Waals surface area contributed by atoms with Crippen molar-refractivity contribution in [3.05, 3.63) is 71.7 Å². The Morgan fingerprint density at radius 1 is 1.09 bits per heavy atom. The Morgan fingerprint density at radius 3 is 2.18 bits per heavy atom. The standard InChI is InChI=1S/C25H31N3O3SSi/c1-5-30-27-23(29)22-18-32-24(26-22)28-16-19(17-28)31-33(25(2,3)4,20-12-8-6-9-13-20)21-14-10-7-11-15-21/h6-15,18-19H,5,16-17H2,1-4H3,(H,27,29). The van der Waals surface area contributed by atoms with Gasteiger partial charge in [-0.3, -0.25) is 9.63 Å². The third-order valence-corrected chi connectivity index (χ3v) is 11.9. The molecule has 3 aromatic rings. The van der Waals surface area contributed by atoms with Crippen LogP contribution in [0.15, 0.2) is 66.0 Å². The van der Waals surface area contributed by atoms with Crippen molar-refractivity contribution in [3.63, 3.8) is 0 Å². The number of hydroxylamine groups is 1. The molecule has 0 saturated carbocycles. The van der Waals surface area contributed by atoms with Gasteiger partial charge in [0, 0.05) is 18.5 Å². The molecular formula is C25H31N3O3SSi. The first-order valence-corrected chi connectivity index (χ1v) is 14.1. The second kappa shape index (κ2) is 9.76. The van der Waals surface area contributed by atoms with Crippen LogP contribution < -0.4 is 20.8 Å². The summed E-state index contributed by atoms with van der Waals surface area (Å²) >= 11 is 1.47. The number of aromatic nitrogens is 1. The van der Waals surface area contributed by atoms with Crippen LogP contribution in [0.2, 0.25) is 5.04 Å². The largest absolute Gasteiger partial charge is 0.401 e. The molecule has 1 fully saturated rings. The maximum Gasteiger partial charge on any atom is 0.294 e. The zero-order valence-corrected chi connectivity index (χ0v) is 21.4. The molecule has 33 heavy (non-hydrogen) atoms. The summed E-state index contributed by atoms with van der Waals surface area (Å²) in [7, 11) is -2.56. The van der Waals surface area contributed by atoms with Crippen LogP contribution in [0.5, 0.6) is 0 Å². The highest BCUT2D eigenvalue weighted by molar-refractivity contribution is 7.14. The summed E-state index contributed by atoms with van der Waals surface area (Å²) in [6, 6.07) is 21.4. The van der Waals surface area contributed by atoms with Gasteiger partial charge in [-0.2, -0.15) is 0 Å². The summed E-state index contributed by atoms with van der Waals surface area (Å²) in [4.78, 5) is 23.7. The topological polar surface area (TPSA) is 63.7 Å². The summed E-state index contributed by atoms with van der Waals surface area (Å²) in [5.41, 5.74) is 2.77. The fourth-order valence-corrected chi connectivity index (χ4v) is 9.80. The fraction of sp³-hybridized carbons (Fsp3) is 0.360. The number of hydrogen-bond donors (Lipinski definition) is 1. The minimum absolute atomic E-state index is 0.0537. The zero-order valence-electron chi connectivity index (χ0n) is 19.6. The monoisotopic (exact) mass is 481 g/mol. The number of rotatable bonds is 8. The summed E-state index contributed by atoms with van der Waals surface area (Å²) < 4.78 is 7.14. The van der Waals surface area contributed by atoms with E-state index in [1.807, 2.05) is 6.92 Å². The minimum atomic E-state index is -2.56. The number of hydrogen-bond acceptors (Lipinski definition) is 6. The smallest absolute Gasteiger partial charge is 0.294 e. The van der Waals surface area contributed by atoms with E-state index in [4.69, 9.17) is 9.26 Å². The van der Waals surface area contributed by atoms with E-state index in [-0.39, 0.29) is 17.0 Å². The molecule has 0 atom stereocenters. The van der Waals surface area contributed by atoms with Gasteiger partial charge in [0.15, 0.2) is 5.13 Å². The summed E-state index contributed by atoms with van der Waals surface area (Å²) in [5, 5.41) is 5.11. The molecule has 0 radical (unpaired) electrons. The van der Waals surface area contributed by atoms with Crippen LogP contribution in [0.25, 0.3) is 0 Å². The highest BCUT2D eigenvalue weighted by atomic mass is 32.1. The third kappa shape index (κ3) is 4.75. The number of benzene rings is 2. The Kier molecular flexibility index (Phi) is 6.99. The second-order valence-corrected chi connectivity index (χ2v) is 14.3.